The van der Waals surface area contributed by atoms with Gasteiger partial charge in [-0.15, -0.1) is 20.4 Å². The van der Waals surface area contributed by atoms with E-state index < -0.39 is 5.92 Å². The molecule has 15 heteroatoms. The summed E-state index contributed by atoms with van der Waals surface area (Å²) in [6.07, 6.45) is 0.787. The SMILES string of the molecule is Cc1nnc(NC(=O)CSc2nnc(N3C(N)=C(C#N)C(c4c(Cl)cccc4Cl)C4=C3CC(C)(C)CC4=O)s2)s1. The average Bonchev–Trinajstić information content (AvgIpc) is 3.50. The molecule has 2 aromatic heterocycles. The highest BCUT2D eigenvalue weighted by atomic mass is 35.5. The topological polar surface area (TPSA) is 151 Å². The van der Waals surface area contributed by atoms with Crippen LogP contribution in [0, 0.1) is 23.7 Å². The molecule has 3 heterocycles. The molecule has 206 valence electrons. The van der Waals surface area contributed by atoms with Gasteiger partial charge in [-0.25, -0.2) is 0 Å². The van der Waals surface area contributed by atoms with Gasteiger partial charge in [-0.1, -0.05) is 77.6 Å². The third-order valence-electron chi connectivity index (χ3n) is 6.36. The van der Waals surface area contributed by atoms with Crippen LogP contribution >= 0.6 is 57.6 Å². The van der Waals surface area contributed by atoms with E-state index in [1.807, 2.05) is 13.8 Å². The number of hydrogen-bond donors (Lipinski definition) is 2. The summed E-state index contributed by atoms with van der Waals surface area (Å²) in [7, 11) is 0. The number of amides is 1. The Morgan fingerprint density at radius 2 is 1.95 bits per heavy atom. The number of carbonyl (C=O) groups excluding carboxylic acids is 2. The summed E-state index contributed by atoms with van der Waals surface area (Å²) in [6.45, 7) is 5.81. The molecule has 3 aromatic rings. The number of halogens is 2. The van der Waals surface area contributed by atoms with Crippen LogP contribution in [0.4, 0.5) is 10.3 Å². The minimum atomic E-state index is -0.810. The number of carbonyl (C=O) groups is 2. The maximum atomic E-state index is 13.7. The first kappa shape index (κ1) is 28.5. The monoisotopic (exact) mass is 632 g/mol. The number of aromatic nitrogens is 4. The van der Waals surface area contributed by atoms with Crippen molar-refractivity contribution in [3.05, 3.63) is 61.5 Å². The molecule has 0 bridgehead atoms. The summed E-state index contributed by atoms with van der Waals surface area (Å²) in [6, 6.07) is 7.26. The van der Waals surface area contributed by atoms with Crippen LogP contribution in [0.5, 0.6) is 0 Å². The fourth-order valence-corrected chi connectivity index (χ4v) is 7.69. The Kier molecular flexibility index (Phi) is 7.91. The lowest BCUT2D eigenvalue weighted by molar-refractivity contribution is -0.118. The summed E-state index contributed by atoms with van der Waals surface area (Å²) >= 11 is 16.8. The number of anilines is 2. The van der Waals surface area contributed by atoms with Gasteiger partial charge in [-0.05, 0) is 30.9 Å². The minimum absolute atomic E-state index is 0.0779. The number of Topliss-reactive ketones (excluding diaryl/α,β-unsaturated/α-hetero) is 1. The van der Waals surface area contributed by atoms with Crippen LogP contribution in [0.3, 0.4) is 0 Å². The van der Waals surface area contributed by atoms with Crippen molar-refractivity contribution in [2.45, 2.75) is 43.9 Å². The zero-order valence-corrected chi connectivity index (χ0v) is 25.4. The van der Waals surface area contributed by atoms with E-state index in [9.17, 15) is 14.9 Å². The normalized spacial score (nSPS) is 18.6. The lowest BCUT2D eigenvalue weighted by Gasteiger charge is -2.42. The van der Waals surface area contributed by atoms with Crippen LogP contribution in [-0.2, 0) is 9.59 Å². The van der Waals surface area contributed by atoms with Gasteiger partial charge in [-0.3, -0.25) is 19.8 Å². The Balaban J connectivity index is 1.51. The van der Waals surface area contributed by atoms with Gasteiger partial charge in [-0.2, -0.15) is 5.26 Å². The summed E-state index contributed by atoms with van der Waals surface area (Å²) < 4.78 is 0.518. The van der Waals surface area contributed by atoms with E-state index in [1.165, 1.54) is 34.4 Å². The highest BCUT2D eigenvalue weighted by Gasteiger charge is 2.46. The Bertz CT molecular complexity index is 1620. The number of benzene rings is 1. The summed E-state index contributed by atoms with van der Waals surface area (Å²) in [5.41, 5.74) is 7.98. The van der Waals surface area contributed by atoms with Gasteiger partial charge in [0.05, 0.1) is 23.3 Å². The number of hydrogen-bond acceptors (Lipinski definition) is 12. The van der Waals surface area contributed by atoms with E-state index in [1.54, 1.807) is 30.0 Å². The van der Waals surface area contributed by atoms with E-state index in [-0.39, 0.29) is 40.7 Å². The number of nitriles is 1. The van der Waals surface area contributed by atoms with Gasteiger partial charge in [0.25, 0.3) is 0 Å². The number of nitrogens with zero attached hydrogens (tertiary/aromatic N) is 6. The molecule has 40 heavy (non-hydrogen) atoms. The van der Waals surface area contributed by atoms with Crippen LogP contribution in [0.1, 0.15) is 43.2 Å². The lowest BCUT2D eigenvalue weighted by Crippen LogP contribution is -2.42. The van der Waals surface area contributed by atoms with Gasteiger partial charge >= 0.3 is 0 Å². The van der Waals surface area contributed by atoms with Crippen LogP contribution in [-0.4, -0.2) is 37.8 Å². The number of aryl methyl sites for hydroxylation is 1. The highest BCUT2D eigenvalue weighted by molar-refractivity contribution is 8.01. The molecule has 1 amide bonds. The second kappa shape index (κ2) is 11.1. The number of rotatable bonds is 6. The molecular weight excluding hydrogens is 611 g/mol. The quantitative estimate of drug-likeness (QED) is 0.325. The smallest absolute Gasteiger partial charge is 0.236 e. The fraction of sp³-hybridized carbons (Fsp3) is 0.320. The third kappa shape index (κ3) is 5.46. The zero-order chi connectivity index (χ0) is 28.8. The molecule has 0 spiro atoms. The Hall–Kier alpha value is -3.02. The standard InChI is InChI=1S/C25H22Cl2N8O2S3/c1-11-31-32-22(39-11)30-17(37)10-38-24-34-33-23(40-24)35-15-7-25(2,3)8-16(36)20(15)18(12(9-28)21(35)29)19-13(26)5-4-6-14(19)27/h4-6,18H,7-8,10,29H2,1-3H3,(H,30,32,37). The van der Waals surface area contributed by atoms with E-state index in [4.69, 9.17) is 28.9 Å². The molecule has 0 saturated heterocycles. The van der Waals surface area contributed by atoms with Crippen LogP contribution in [0.2, 0.25) is 10.0 Å². The van der Waals surface area contributed by atoms with E-state index in [2.05, 4.69) is 31.8 Å². The Morgan fingerprint density at radius 1 is 1.23 bits per heavy atom. The predicted molar refractivity (Wildman–Crippen MR) is 157 cm³/mol. The number of allylic oxidation sites excluding steroid dienone is 3. The van der Waals surface area contributed by atoms with Crippen molar-refractivity contribution in [3.63, 3.8) is 0 Å². The second-order valence-electron chi connectivity index (χ2n) is 9.93. The second-order valence-corrected chi connectivity index (χ2v) is 14.1. The van der Waals surface area contributed by atoms with Crippen LogP contribution in [0.15, 0.2) is 45.2 Å². The molecule has 0 radical (unpaired) electrons. The van der Waals surface area contributed by atoms with E-state index in [0.29, 0.717) is 47.9 Å². The minimum Gasteiger partial charge on any atom is -0.384 e. The number of nitrogens with two attached hydrogens (primary N) is 1. The largest absolute Gasteiger partial charge is 0.384 e. The maximum Gasteiger partial charge on any atom is 0.236 e. The summed E-state index contributed by atoms with van der Waals surface area (Å²) in [5, 5.41) is 31.5. The first-order chi connectivity index (χ1) is 19.0. The molecule has 2 aliphatic rings. The van der Waals surface area contributed by atoms with E-state index >= 15 is 0 Å². The van der Waals surface area contributed by atoms with Crippen molar-refractivity contribution in [2.24, 2.45) is 11.1 Å². The molecule has 1 atom stereocenters. The maximum absolute atomic E-state index is 13.7. The molecular formula is C25H22Cl2N8O2S3. The third-order valence-corrected chi connectivity index (χ3v) is 9.81. The Morgan fingerprint density at radius 3 is 2.60 bits per heavy atom. The molecule has 0 saturated carbocycles. The van der Waals surface area contributed by atoms with Gasteiger partial charge < -0.3 is 5.73 Å². The first-order valence-corrected chi connectivity index (χ1v) is 15.3. The van der Waals surface area contributed by atoms with E-state index in [0.717, 1.165) is 5.01 Å². The molecule has 5 rings (SSSR count). The van der Waals surface area contributed by atoms with Crippen molar-refractivity contribution >= 4 is 79.6 Å². The molecule has 1 aliphatic carbocycles. The van der Waals surface area contributed by atoms with Gasteiger partial charge in [0.2, 0.25) is 16.2 Å². The van der Waals surface area contributed by atoms with Crippen molar-refractivity contribution in [1.29, 1.82) is 5.26 Å². The molecule has 3 N–H and O–H groups in total. The van der Waals surface area contributed by atoms with Crippen molar-refractivity contribution in [3.8, 4) is 6.07 Å². The van der Waals surface area contributed by atoms with Crippen molar-refractivity contribution in [1.82, 2.24) is 20.4 Å². The fourth-order valence-electron chi connectivity index (χ4n) is 4.78. The lowest BCUT2D eigenvalue weighted by atomic mass is 9.68. The molecule has 10 nitrogen and oxygen atoms in total. The van der Waals surface area contributed by atoms with Gasteiger partial charge in [0.1, 0.15) is 10.8 Å². The molecule has 1 unspecified atom stereocenters. The number of thioether (sulfide) groups is 1. The number of nitrogens with one attached hydrogen (secondary N) is 1. The summed E-state index contributed by atoms with van der Waals surface area (Å²) in [5.74, 6) is -0.971. The number of ketones is 1. The first-order valence-electron chi connectivity index (χ1n) is 12.0. The van der Waals surface area contributed by atoms with Crippen LogP contribution in [0.25, 0.3) is 0 Å². The molecule has 1 aliphatic heterocycles. The summed E-state index contributed by atoms with van der Waals surface area (Å²) in [4.78, 5) is 27.7. The molecule has 0 fully saturated rings. The predicted octanol–water partition coefficient (Wildman–Crippen LogP) is 5.68. The highest BCUT2D eigenvalue weighted by Crippen LogP contribution is 2.52. The zero-order valence-electron chi connectivity index (χ0n) is 21.5. The van der Waals surface area contributed by atoms with Crippen molar-refractivity contribution < 1.29 is 9.59 Å². The van der Waals surface area contributed by atoms with Crippen LogP contribution < -0.4 is 16.0 Å². The molecule has 1 aromatic carbocycles. The van der Waals surface area contributed by atoms with Gasteiger partial charge in [0, 0.05) is 33.3 Å². The van der Waals surface area contributed by atoms with Gasteiger partial charge in [0.15, 0.2) is 10.1 Å². The Labute approximate surface area is 252 Å². The van der Waals surface area contributed by atoms with Crippen molar-refractivity contribution in [2.75, 3.05) is 16.0 Å². The average molecular weight is 634 g/mol.